The van der Waals surface area contributed by atoms with E-state index >= 15 is 0 Å². The minimum absolute atomic E-state index is 0.104. The predicted molar refractivity (Wildman–Crippen MR) is 151 cm³/mol. The molecule has 1 amide bonds. The number of carbonyl (C=O) groups excluding carboxylic acids is 1. The number of nitro groups is 2. The van der Waals surface area contributed by atoms with E-state index < -0.39 is 42.8 Å². The summed E-state index contributed by atoms with van der Waals surface area (Å²) in [5, 5.41) is 37.2. The summed E-state index contributed by atoms with van der Waals surface area (Å²) in [6.45, 7) is 1.86. The van der Waals surface area contributed by atoms with Crippen LogP contribution in [0.3, 0.4) is 0 Å². The summed E-state index contributed by atoms with van der Waals surface area (Å²) >= 11 is 1.10. The van der Waals surface area contributed by atoms with Crippen LogP contribution in [0.2, 0.25) is 0 Å². The number of aromatic nitrogens is 2. The largest absolute Gasteiger partial charge is 0.497 e. The van der Waals surface area contributed by atoms with E-state index in [2.05, 4.69) is 25.6 Å². The fourth-order valence-corrected chi connectivity index (χ4v) is 5.42. The Labute approximate surface area is 236 Å². The average molecular weight is 600 g/mol. The zero-order valence-corrected chi connectivity index (χ0v) is 23.0. The van der Waals surface area contributed by atoms with E-state index in [1.165, 1.54) is 43.5 Å². The SMILES string of the molecule is CCc1nnc(NS(=O)(=O)c2ccc(NC(=O)c3cc([N+](=O)[O-])c(Nc4ccc(OC)cc4)c([N+](=O)[O-])c3)cc2)s1. The van der Waals surface area contributed by atoms with E-state index in [4.69, 9.17) is 4.74 Å². The van der Waals surface area contributed by atoms with Gasteiger partial charge in [0.05, 0.1) is 27.4 Å². The molecule has 0 aliphatic heterocycles. The van der Waals surface area contributed by atoms with Crippen molar-refractivity contribution in [2.24, 2.45) is 0 Å². The van der Waals surface area contributed by atoms with Gasteiger partial charge in [-0.05, 0) is 55.0 Å². The molecule has 0 aliphatic rings. The highest BCUT2D eigenvalue weighted by atomic mass is 32.2. The standard InChI is InChI=1S/C24H21N7O8S2/c1-3-21-27-28-24(40-21)29-41(37,38)18-10-6-16(7-11-18)26-23(32)14-12-19(30(33)34)22(20(13-14)31(35)36)25-15-4-8-17(39-2)9-5-15/h4-13,25H,3H2,1-2H3,(H,26,32)(H,28,29). The van der Waals surface area contributed by atoms with Gasteiger partial charge in [0, 0.05) is 23.5 Å². The molecule has 17 heteroatoms. The maximum absolute atomic E-state index is 12.9. The topological polar surface area (TPSA) is 209 Å². The minimum atomic E-state index is -3.99. The number of rotatable bonds is 11. The number of carbonyl (C=O) groups is 1. The van der Waals surface area contributed by atoms with E-state index in [1.807, 2.05) is 6.92 Å². The zero-order valence-electron chi connectivity index (χ0n) is 21.4. The summed E-state index contributed by atoms with van der Waals surface area (Å²) in [6, 6.07) is 13.0. The molecule has 15 nitrogen and oxygen atoms in total. The lowest BCUT2D eigenvalue weighted by atomic mass is 10.1. The molecule has 3 N–H and O–H groups in total. The Morgan fingerprint density at radius 2 is 1.54 bits per heavy atom. The van der Waals surface area contributed by atoms with Crippen molar-refractivity contribution in [1.29, 1.82) is 0 Å². The van der Waals surface area contributed by atoms with Crippen LogP contribution in [0.4, 0.5) is 33.6 Å². The van der Waals surface area contributed by atoms with Gasteiger partial charge in [-0.25, -0.2) is 8.42 Å². The Morgan fingerprint density at radius 1 is 0.951 bits per heavy atom. The Bertz CT molecular complexity index is 1690. The van der Waals surface area contributed by atoms with Gasteiger partial charge in [-0.3, -0.25) is 29.7 Å². The third kappa shape index (κ3) is 6.71. The van der Waals surface area contributed by atoms with E-state index in [1.54, 1.807) is 12.1 Å². The highest BCUT2D eigenvalue weighted by Gasteiger charge is 2.29. The molecule has 1 heterocycles. The van der Waals surface area contributed by atoms with E-state index in [9.17, 15) is 33.4 Å². The molecule has 4 aromatic rings. The van der Waals surface area contributed by atoms with Crippen LogP contribution < -0.4 is 20.1 Å². The number of sulfonamides is 1. The molecular formula is C24H21N7O8S2. The van der Waals surface area contributed by atoms with Crippen molar-refractivity contribution in [3.8, 4) is 5.75 Å². The Hall–Kier alpha value is -5.16. The molecule has 0 saturated carbocycles. The summed E-state index contributed by atoms with van der Waals surface area (Å²) in [5.74, 6) is -0.377. The molecule has 0 spiro atoms. The number of hydrogen-bond acceptors (Lipinski definition) is 12. The Morgan fingerprint density at radius 3 is 2.05 bits per heavy atom. The van der Waals surface area contributed by atoms with Crippen LogP contribution in [-0.2, 0) is 16.4 Å². The van der Waals surface area contributed by atoms with E-state index in [-0.39, 0.29) is 21.3 Å². The number of methoxy groups -OCH3 is 1. The molecule has 41 heavy (non-hydrogen) atoms. The first-order chi connectivity index (χ1) is 19.5. The van der Waals surface area contributed by atoms with Gasteiger partial charge in [0.1, 0.15) is 10.8 Å². The van der Waals surface area contributed by atoms with Gasteiger partial charge < -0.3 is 15.4 Å². The molecule has 3 aromatic carbocycles. The third-order valence-corrected chi connectivity index (χ3v) is 7.99. The monoisotopic (exact) mass is 599 g/mol. The first kappa shape index (κ1) is 28.8. The molecule has 0 radical (unpaired) electrons. The van der Waals surface area contributed by atoms with Crippen molar-refractivity contribution in [3.05, 3.63) is 91.5 Å². The van der Waals surface area contributed by atoms with Crippen molar-refractivity contribution in [2.75, 3.05) is 22.5 Å². The zero-order chi connectivity index (χ0) is 29.7. The van der Waals surface area contributed by atoms with E-state index in [0.29, 0.717) is 22.9 Å². The highest BCUT2D eigenvalue weighted by Crippen LogP contribution is 2.38. The number of hydrogen-bond donors (Lipinski definition) is 3. The van der Waals surface area contributed by atoms with Gasteiger partial charge in [-0.2, -0.15) is 0 Å². The van der Waals surface area contributed by atoms with Crippen molar-refractivity contribution in [2.45, 2.75) is 18.2 Å². The molecular weight excluding hydrogens is 578 g/mol. The van der Waals surface area contributed by atoms with Crippen LogP contribution in [0.25, 0.3) is 0 Å². The second kappa shape index (κ2) is 11.9. The summed E-state index contributed by atoms with van der Waals surface area (Å²) in [5.41, 5.74) is -1.71. The molecule has 0 aliphatic carbocycles. The minimum Gasteiger partial charge on any atom is -0.497 e. The fourth-order valence-electron chi connectivity index (χ4n) is 3.51. The normalized spacial score (nSPS) is 11.0. The average Bonchev–Trinajstić information content (AvgIpc) is 3.40. The molecule has 0 fully saturated rings. The molecule has 0 saturated heterocycles. The Kier molecular flexibility index (Phi) is 8.39. The predicted octanol–water partition coefficient (Wildman–Crippen LogP) is 4.72. The van der Waals surface area contributed by atoms with Crippen molar-refractivity contribution in [3.63, 3.8) is 0 Å². The van der Waals surface area contributed by atoms with Crippen LogP contribution in [0.1, 0.15) is 22.3 Å². The van der Waals surface area contributed by atoms with Crippen LogP contribution in [0.15, 0.2) is 65.6 Å². The quantitative estimate of drug-likeness (QED) is 0.159. The number of amides is 1. The lowest BCUT2D eigenvalue weighted by molar-refractivity contribution is -0.392. The van der Waals surface area contributed by atoms with Gasteiger partial charge in [-0.15, -0.1) is 10.2 Å². The Balaban J connectivity index is 1.57. The number of benzene rings is 3. The third-order valence-electron chi connectivity index (χ3n) is 5.53. The van der Waals surface area contributed by atoms with Gasteiger partial charge >= 0.3 is 11.4 Å². The van der Waals surface area contributed by atoms with Crippen LogP contribution >= 0.6 is 11.3 Å². The molecule has 0 atom stereocenters. The first-order valence-electron chi connectivity index (χ1n) is 11.6. The molecule has 4 rings (SSSR count). The molecule has 0 bridgehead atoms. The summed E-state index contributed by atoms with van der Waals surface area (Å²) in [7, 11) is -2.53. The van der Waals surface area contributed by atoms with E-state index in [0.717, 1.165) is 23.5 Å². The molecule has 212 valence electrons. The van der Waals surface area contributed by atoms with Crippen molar-refractivity contribution < 1.29 is 27.8 Å². The molecule has 1 aromatic heterocycles. The number of nitro benzene ring substituents is 2. The maximum atomic E-state index is 12.9. The van der Waals surface area contributed by atoms with Gasteiger partial charge in [-0.1, -0.05) is 18.3 Å². The number of nitrogens with one attached hydrogen (secondary N) is 3. The number of anilines is 4. The van der Waals surface area contributed by atoms with Crippen molar-refractivity contribution in [1.82, 2.24) is 10.2 Å². The smallest absolute Gasteiger partial charge is 0.300 e. The van der Waals surface area contributed by atoms with Gasteiger partial charge in [0.25, 0.3) is 15.9 Å². The summed E-state index contributed by atoms with van der Waals surface area (Å²) < 4.78 is 32.7. The highest BCUT2D eigenvalue weighted by molar-refractivity contribution is 7.93. The fraction of sp³-hybridized carbons (Fsp3) is 0.125. The van der Waals surface area contributed by atoms with Crippen LogP contribution in [0.5, 0.6) is 5.75 Å². The number of nitrogens with zero attached hydrogens (tertiary/aromatic N) is 4. The summed E-state index contributed by atoms with van der Waals surface area (Å²) in [4.78, 5) is 34.8. The second-order valence-corrected chi connectivity index (χ2v) is 10.9. The number of ether oxygens (including phenoxy) is 1. The van der Waals surface area contributed by atoms with Crippen LogP contribution in [0, 0.1) is 20.2 Å². The maximum Gasteiger partial charge on any atom is 0.300 e. The number of aryl methyl sites for hydroxylation is 1. The van der Waals surface area contributed by atoms with Crippen molar-refractivity contribution >= 4 is 60.8 Å². The summed E-state index contributed by atoms with van der Waals surface area (Å²) in [6.07, 6.45) is 0.599. The first-order valence-corrected chi connectivity index (χ1v) is 13.9. The molecule has 0 unspecified atom stereocenters. The second-order valence-electron chi connectivity index (χ2n) is 8.20. The van der Waals surface area contributed by atoms with Crippen LogP contribution in [-0.4, -0.2) is 41.5 Å². The lowest BCUT2D eigenvalue weighted by Crippen LogP contribution is -2.15. The van der Waals surface area contributed by atoms with Gasteiger partial charge in [0.15, 0.2) is 5.69 Å². The van der Waals surface area contributed by atoms with Gasteiger partial charge in [0.2, 0.25) is 5.13 Å². The lowest BCUT2D eigenvalue weighted by Gasteiger charge is -2.11.